The molecular weight excluding hydrogens is 301 g/mol. The van der Waals surface area contributed by atoms with E-state index in [1.165, 1.54) is 12.2 Å². The average Bonchev–Trinajstić information content (AvgIpc) is 2.39. The molecule has 1 atom stereocenters. The first-order valence-corrected chi connectivity index (χ1v) is 6.84. The Bertz CT molecular complexity index is 529. The van der Waals surface area contributed by atoms with E-state index in [0.717, 1.165) is 0 Å². The summed E-state index contributed by atoms with van der Waals surface area (Å²) in [7, 11) is 0. The highest BCUT2D eigenvalue weighted by molar-refractivity contribution is 6.42. The maximum absolute atomic E-state index is 11.7. The van der Waals surface area contributed by atoms with Crippen LogP contribution in [0.25, 0.3) is 6.08 Å². The van der Waals surface area contributed by atoms with E-state index in [1.54, 1.807) is 18.2 Å². The van der Waals surface area contributed by atoms with Gasteiger partial charge in [0.05, 0.1) is 16.5 Å². The minimum Gasteiger partial charge on any atom is -0.481 e. The Morgan fingerprint density at radius 1 is 1.40 bits per heavy atom. The predicted molar refractivity (Wildman–Crippen MR) is 80.0 cm³/mol. The van der Waals surface area contributed by atoms with E-state index in [4.69, 9.17) is 28.3 Å². The van der Waals surface area contributed by atoms with Crippen LogP contribution in [0.5, 0.6) is 0 Å². The van der Waals surface area contributed by atoms with Gasteiger partial charge in [-0.3, -0.25) is 9.59 Å². The topological polar surface area (TPSA) is 66.4 Å². The minimum absolute atomic E-state index is 0.103. The first kappa shape index (κ1) is 16.5. The third-order valence-electron chi connectivity index (χ3n) is 2.66. The van der Waals surface area contributed by atoms with Crippen LogP contribution in [0.3, 0.4) is 0 Å². The molecule has 0 aliphatic rings. The third kappa shape index (κ3) is 5.23. The second-order valence-corrected chi connectivity index (χ2v) is 4.97. The largest absolute Gasteiger partial charge is 0.481 e. The second-order valence-electron chi connectivity index (χ2n) is 4.19. The molecule has 0 saturated heterocycles. The van der Waals surface area contributed by atoms with Crippen molar-refractivity contribution in [2.24, 2.45) is 0 Å². The monoisotopic (exact) mass is 315 g/mol. The molecule has 4 nitrogen and oxygen atoms in total. The number of hydrogen-bond donors (Lipinski definition) is 2. The maximum Gasteiger partial charge on any atom is 0.305 e. The van der Waals surface area contributed by atoms with Gasteiger partial charge in [-0.1, -0.05) is 42.3 Å². The smallest absolute Gasteiger partial charge is 0.305 e. The van der Waals surface area contributed by atoms with E-state index in [-0.39, 0.29) is 18.4 Å². The van der Waals surface area contributed by atoms with Crippen LogP contribution < -0.4 is 5.32 Å². The molecule has 0 aromatic heterocycles. The zero-order chi connectivity index (χ0) is 15.1. The van der Waals surface area contributed by atoms with Gasteiger partial charge >= 0.3 is 5.97 Å². The van der Waals surface area contributed by atoms with Crippen LogP contribution >= 0.6 is 23.2 Å². The molecule has 0 heterocycles. The summed E-state index contributed by atoms with van der Waals surface area (Å²) in [5.41, 5.74) is 0.626. The number of rotatable bonds is 6. The summed E-state index contributed by atoms with van der Waals surface area (Å²) < 4.78 is 0. The molecule has 1 unspecified atom stereocenters. The van der Waals surface area contributed by atoms with E-state index < -0.39 is 5.97 Å². The summed E-state index contributed by atoms with van der Waals surface area (Å²) in [4.78, 5) is 22.3. The van der Waals surface area contributed by atoms with Crippen LogP contribution in [0.1, 0.15) is 25.3 Å². The van der Waals surface area contributed by atoms with Gasteiger partial charge in [-0.2, -0.15) is 0 Å². The van der Waals surface area contributed by atoms with E-state index in [9.17, 15) is 9.59 Å². The van der Waals surface area contributed by atoms with Crippen molar-refractivity contribution in [3.05, 3.63) is 39.9 Å². The summed E-state index contributed by atoms with van der Waals surface area (Å²) in [5, 5.41) is 12.1. The van der Waals surface area contributed by atoms with E-state index in [0.29, 0.717) is 22.0 Å². The molecule has 20 heavy (non-hydrogen) atoms. The van der Waals surface area contributed by atoms with Gasteiger partial charge in [0.25, 0.3) is 0 Å². The third-order valence-corrected chi connectivity index (χ3v) is 3.49. The van der Waals surface area contributed by atoms with Crippen molar-refractivity contribution in [2.45, 2.75) is 25.8 Å². The van der Waals surface area contributed by atoms with Crippen molar-refractivity contribution >= 4 is 41.2 Å². The van der Waals surface area contributed by atoms with E-state index >= 15 is 0 Å². The quantitative estimate of drug-likeness (QED) is 0.791. The fourth-order valence-corrected chi connectivity index (χ4v) is 1.94. The van der Waals surface area contributed by atoms with Crippen molar-refractivity contribution in [3.63, 3.8) is 0 Å². The Morgan fingerprint density at radius 2 is 2.10 bits per heavy atom. The van der Waals surface area contributed by atoms with Gasteiger partial charge < -0.3 is 10.4 Å². The Morgan fingerprint density at radius 3 is 2.70 bits per heavy atom. The lowest BCUT2D eigenvalue weighted by Gasteiger charge is -2.12. The zero-order valence-electron chi connectivity index (χ0n) is 10.9. The Labute approximate surface area is 127 Å². The number of halogens is 2. The predicted octanol–water partition coefficient (Wildman–Crippen LogP) is 3.38. The van der Waals surface area contributed by atoms with Crippen molar-refractivity contribution in [3.8, 4) is 0 Å². The lowest BCUT2D eigenvalue weighted by molar-refractivity contribution is -0.137. The lowest BCUT2D eigenvalue weighted by Crippen LogP contribution is -2.34. The maximum atomic E-state index is 11.7. The van der Waals surface area contributed by atoms with Crippen molar-refractivity contribution in [2.75, 3.05) is 0 Å². The molecule has 0 bridgehead atoms. The van der Waals surface area contributed by atoms with Gasteiger partial charge in [0.1, 0.15) is 0 Å². The number of nitrogens with one attached hydrogen (secondary N) is 1. The zero-order valence-corrected chi connectivity index (χ0v) is 12.4. The normalized spacial score (nSPS) is 12.3. The molecular formula is C14H15Cl2NO3. The molecule has 2 N–H and O–H groups in total. The average molecular weight is 316 g/mol. The number of carbonyl (C=O) groups excluding carboxylic acids is 1. The van der Waals surface area contributed by atoms with Crippen molar-refractivity contribution < 1.29 is 14.7 Å². The molecule has 1 aromatic carbocycles. The number of hydrogen-bond acceptors (Lipinski definition) is 2. The molecule has 0 saturated carbocycles. The van der Waals surface area contributed by atoms with Gasteiger partial charge in [0.2, 0.25) is 5.91 Å². The number of amides is 1. The highest BCUT2D eigenvalue weighted by Crippen LogP contribution is 2.26. The number of carboxylic acid groups (broad SMARTS) is 1. The van der Waals surface area contributed by atoms with Gasteiger partial charge in [-0.15, -0.1) is 0 Å². The summed E-state index contributed by atoms with van der Waals surface area (Å²) in [5.74, 6) is -1.31. The van der Waals surface area contributed by atoms with E-state index in [2.05, 4.69) is 5.32 Å². The Balaban J connectivity index is 2.67. The number of benzene rings is 1. The molecule has 0 aliphatic heterocycles. The van der Waals surface area contributed by atoms with Crippen LogP contribution in [-0.2, 0) is 9.59 Å². The SMILES string of the molecule is CCC(CC(=O)O)NC(=O)/C=C/c1cccc(Cl)c1Cl. The fraction of sp³-hybridized carbons (Fsp3) is 0.286. The summed E-state index contributed by atoms with van der Waals surface area (Å²) >= 11 is 11.8. The van der Waals surface area contributed by atoms with Crippen LogP contribution in [-0.4, -0.2) is 23.0 Å². The lowest BCUT2D eigenvalue weighted by atomic mass is 10.1. The molecule has 0 radical (unpaired) electrons. The minimum atomic E-state index is -0.945. The molecule has 1 rings (SSSR count). The number of carbonyl (C=O) groups is 2. The highest BCUT2D eigenvalue weighted by atomic mass is 35.5. The van der Waals surface area contributed by atoms with Crippen LogP contribution in [0.15, 0.2) is 24.3 Å². The van der Waals surface area contributed by atoms with E-state index in [1.807, 2.05) is 6.92 Å². The molecule has 1 amide bonds. The van der Waals surface area contributed by atoms with Crippen molar-refractivity contribution in [1.82, 2.24) is 5.32 Å². The first-order valence-electron chi connectivity index (χ1n) is 6.08. The molecule has 0 aliphatic carbocycles. The second kappa shape index (κ2) is 7.92. The molecule has 108 valence electrons. The standard InChI is InChI=1S/C14H15Cl2NO3/c1-2-10(8-13(19)20)17-12(18)7-6-9-4-3-5-11(15)14(9)16/h3-7,10H,2,8H2,1H3,(H,17,18)(H,19,20)/b7-6+. The van der Waals surface area contributed by atoms with Crippen LogP contribution in [0.4, 0.5) is 0 Å². The Hall–Kier alpha value is -1.52. The van der Waals surface area contributed by atoms with Gasteiger partial charge in [-0.25, -0.2) is 0 Å². The fourth-order valence-electron chi connectivity index (χ4n) is 1.57. The number of carboxylic acids is 1. The molecule has 6 heteroatoms. The van der Waals surface area contributed by atoms with Gasteiger partial charge in [0, 0.05) is 12.1 Å². The summed E-state index contributed by atoms with van der Waals surface area (Å²) in [6, 6.07) is 4.72. The van der Waals surface area contributed by atoms with Crippen molar-refractivity contribution in [1.29, 1.82) is 0 Å². The molecule has 1 aromatic rings. The van der Waals surface area contributed by atoms with Crippen LogP contribution in [0.2, 0.25) is 10.0 Å². The first-order chi connectivity index (χ1) is 9.43. The summed E-state index contributed by atoms with van der Waals surface area (Å²) in [6.45, 7) is 1.81. The molecule has 0 fully saturated rings. The number of aliphatic carboxylic acids is 1. The Kier molecular flexibility index (Phi) is 6.55. The van der Waals surface area contributed by atoms with Crippen LogP contribution in [0, 0.1) is 0 Å². The van der Waals surface area contributed by atoms with Gasteiger partial charge in [0.15, 0.2) is 0 Å². The summed E-state index contributed by atoms with van der Waals surface area (Å²) in [6.07, 6.45) is 3.29. The highest BCUT2D eigenvalue weighted by Gasteiger charge is 2.12. The molecule has 0 spiro atoms. The van der Waals surface area contributed by atoms with Gasteiger partial charge in [-0.05, 0) is 24.1 Å².